The zero-order valence-corrected chi connectivity index (χ0v) is 13.6. The number of aromatic nitrogens is 3. The predicted molar refractivity (Wildman–Crippen MR) is 86.2 cm³/mol. The Labute approximate surface area is 133 Å². The number of hydrogen-bond acceptors (Lipinski definition) is 8. The van der Waals surface area contributed by atoms with Gasteiger partial charge in [0.1, 0.15) is 10.1 Å². The Morgan fingerprint density at radius 2 is 2.27 bits per heavy atom. The Kier molecular flexibility index (Phi) is 4.02. The summed E-state index contributed by atoms with van der Waals surface area (Å²) in [6.45, 7) is 3.77. The number of H-pyrrole nitrogens is 1. The number of fused-ring (bicyclic) bond motifs is 1. The molecular formula is C12H16N4O4S2. The number of anilines is 1. The second-order valence-electron chi connectivity index (χ2n) is 5.05. The summed E-state index contributed by atoms with van der Waals surface area (Å²) in [5, 5.41) is 9.87. The van der Waals surface area contributed by atoms with Crippen molar-refractivity contribution in [2.24, 2.45) is 0 Å². The molecule has 2 aromatic rings. The maximum absolute atomic E-state index is 12.3. The van der Waals surface area contributed by atoms with Crippen molar-refractivity contribution in [1.82, 2.24) is 14.5 Å². The van der Waals surface area contributed by atoms with Crippen molar-refractivity contribution in [2.45, 2.75) is 43.3 Å². The van der Waals surface area contributed by atoms with Gasteiger partial charge in [0.25, 0.3) is 5.56 Å². The topological polar surface area (TPSA) is 123 Å². The van der Waals surface area contributed by atoms with E-state index in [4.69, 9.17) is 10.5 Å². The van der Waals surface area contributed by atoms with Gasteiger partial charge in [-0.1, -0.05) is 18.3 Å². The monoisotopic (exact) mass is 344 g/mol. The Morgan fingerprint density at radius 1 is 1.55 bits per heavy atom. The molecule has 8 nitrogen and oxygen atoms in total. The molecular weight excluding hydrogens is 328 g/mol. The first-order chi connectivity index (χ1) is 10.4. The Balaban J connectivity index is 2.09. The van der Waals surface area contributed by atoms with E-state index in [0.717, 1.165) is 11.3 Å². The summed E-state index contributed by atoms with van der Waals surface area (Å²) in [5.74, 6) is -0.0486. The normalized spacial score (nSPS) is 26.6. The van der Waals surface area contributed by atoms with Gasteiger partial charge < -0.3 is 15.6 Å². The van der Waals surface area contributed by atoms with Crippen LogP contribution in [-0.4, -0.2) is 36.4 Å². The third-order valence-corrected chi connectivity index (χ3v) is 5.80. The summed E-state index contributed by atoms with van der Waals surface area (Å²) in [6, 6.07) is 0. The average molecular weight is 344 g/mol. The van der Waals surface area contributed by atoms with Crippen LogP contribution < -0.4 is 16.2 Å². The molecule has 0 spiro atoms. The van der Waals surface area contributed by atoms with Gasteiger partial charge in [-0.15, -0.1) is 11.8 Å². The molecule has 22 heavy (non-hydrogen) atoms. The van der Waals surface area contributed by atoms with E-state index in [0.29, 0.717) is 6.42 Å². The van der Waals surface area contributed by atoms with Crippen LogP contribution >= 0.6 is 23.1 Å². The lowest BCUT2D eigenvalue weighted by Gasteiger charge is -2.17. The van der Waals surface area contributed by atoms with Crippen molar-refractivity contribution >= 4 is 39.4 Å². The first-order valence-corrected chi connectivity index (χ1v) is 8.58. The fraction of sp³-hybridized carbons (Fsp3) is 0.583. The molecule has 1 saturated heterocycles. The standard InChI is InChI=1S/C12H16N4O4S2/c1-3-5(17)10-20-9(4(2)21-10)16-7-6(22-12(16)19)8(18)15-11(13)14-7/h4-5,9-10,17H,3H2,1-2H3,(H3,13,14,15,18)/t4-,5?,9?,10?/m0/s1. The van der Waals surface area contributed by atoms with E-state index < -0.39 is 23.3 Å². The lowest BCUT2D eigenvalue weighted by atomic mass is 10.3. The lowest BCUT2D eigenvalue weighted by molar-refractivity contribution is -0.0456. The molecule has 1 fully saturated rings. The first kappa shape index (κ1) is 15.5. The number of rotatable bonds is 3. The summed E-state index contributed by atoms with van der Waals surface area (Å²) in [5.41, 5.74) is 4.94. The van der Waals surface area contributed by atoms with Gasteiger partial charge in [0.15, 0.2) is 11.9 Å². The fourth-order valence-electron chi connectivity index (χ4n) is 2.37. The molecule has 0 aliphatic carbocycles. The minimum Gasteiger partial charge on any atom is -0.390 e. The van der Waals surface area contributed by atoms with E-state index in [1.807, 2.05) is 13.8 Å². The van der Waals surface area contributed by atoms with Gasteiger partial charge in [-0.3, -0.25) is 19.1 Å². The largest absolute Gasteiger partial charge is 0.390 e. The molecule has 4 N–H and O–H groups in total. The van der Waals surface area contributed by atoms with Gasteiger partial charge in [0.2, 0.25) is 5.95 Å². The minimum atomic E-state index is -0.612. The summed E-state index contributed by atoms with van der Waals surface area (Å²) in [4.78, 5) is 30.3. The number of aromatic amines is 1. The highest BCUT2D eigenvalue weighted by molar-refractivity contribution is 8.00. The number of nitrogens with one attached hydrogen (secondary N) is 1. The van der Waals surface area contributed by atoms with Gasteiger partial charge in [-0.25, -0.2) is 0 Å². The molecule has 3 unspecified atom stereocenters. The minimum absolute atomic E-state index is 0.0486. The molecule has 0 amide bonds. The second kappa shape index (κ2) is 5.69. The molecule has 3 rings (SSSR count). The molecule has 0 bridgehead atoms. The molecule has 10 heteroatoms. The number of thiazole rings is 1. The number of aliphatic hydroxyl groups excluding tert-OH is 1. The summed E-state index contributed by atoms with van der Waals surface area (Å²) >= 11 is 2.27. The highest BCUT2D eigenvalue weighted by Gasteiger charge is 2.39. The van der Waals surface area contributed by atoms with Crippen LogP contribution in [-0.2, 0) is 4.74 Å². The highest BCUT2D eigenvalue weighted by atomic mass is 32.2. The van der Waals surface area contributed by atoms with Crippen molar-refractivity contribution < 1.29 is 9.84 Å². The molecule has 2 aromatic heterocycles. The number of thioether (sulfide) groups is 1. The van der Waals surface area contributed by atoms with Crippen LogP contribution in [0.2, 0.25) is 0 Å². The fourth-order valence-corrected chi connectivity index (χ4v) is 4.51. The van der Waals surface area contributed by atoms with Crippen LogP contribution in [0.1, 0.15) is 26.5 Å². The van der Waals surface area contributed by atoms with Crippen molar-refractivity contribution in [1.29, 1.82) is 0 Å². The van der Waals surface area contributed by atoms with Crippen LogP contribution in [0.5, 0.6) is 0 Å². The van der Waals surface area contributed by atoms with E-state index in [2.05, 4.69) is 9.97 Å². The average Bonchev–Trinajstić information content (AvgIpc) is 2.98. The Hall–Kier alpha value is -1.36. The van der Waals surface area contributed by atoms with Gasteiger partial charge >= 0.3 is 4.87 Å². The first-order valence-electron chi connectivity index (χ1n) is 6.82. The second-order valence-corrected chi connectivity index (χ2v) is 7.50. The van der Waals surface area contributed by atoms with Gasteiger partial charge in [0.05, 0.1) is 11.4 Å². The third kappa shape index (κ3) is 2.45. The van der Waals surface area contributed by atoms with Gasteiger partial charge in [-0.05, 0) is 13.3 Å². The molecule has 1 aliphatic rings. The summed E-state index contributed by atoms with van der Waals surface area (Å²) < 4.78 is 7.40. The van der Waals surface area contributed by atoms with Crippen LogP contribution in [0.3, 0.4) is 0 Å². The van der Waals surface area contributed by atoms with Crippen molar-refractivity contribution in [3.8, 4) is 0 Å². The lowest BCUT2D eigenvalue weighted by Crippen LogP contribution is -2.28. The van der Waals surface area contributed by atoms with E-state index >= 15 is 0 Å². The van der Waals surface area contributed by atoms with Crippen LogP contribution in [0.4, 0.5) is 5.95 Å². The van der Waals surface area contributed by atoms with Gasteiger partial charge in [-0.2, -0.15) is 4.98 Å². The van der Waals surface area contributed by atoms with E-state index in [1.54, 1.807) is 0 Å². The summed E-state index contributed by atoms with van der Waals surface area (Å²) in [7, 11) is 0. The number of nitrogen functional groups attached to an aromatic ring is 1. The van der Waals surface area contributed by atoms with E-state index in [-0.39, 0.29) is 26.4 Å². The number of nitrogens with two attached hydrogens (primary N) is 1. The number of ether oxygens (including phenoxy) is 1. The van der Waals surface area contributed by atoms with Crippen LogP contribution in [0, 0.1) is 0 Å². The van der Waals surface area contributed by atoms with Gasteiger partial charge in [0, 0.05) is 0 Å². The molecule has 1 aliphatic heterocycles. The molecule has 0 aromatic carbocycles. The molecule has 4 atom stereocenters. The number of hydrogen-bond donors (Lipinski definition) is 3. The number of aliphatic hydroxyl groups is 1. The Morgan fingerprint density at radius 3 is 2.95 bits per heavy atom. The highest BCUT2D eigenvalue weighted by Crippen LogP contribution is 2.41. The third-order valence-electron chi connectivity index (χ3n) is 3.50. The van der Waals surface area contributed by atoms with E-state index in [1.165, 1.54) is 16.3 Å². The molecule has 0 radical (unpaired) electrons. The van der Waals surface area contributed by atoms with Crippen molar-refractivity contribution in [3.63, 3.8) is 0 Å². The van der Waals surface area contributed by atoms with E-state index in [9.17, 15) is 14.7 Å². The van der Waals surface area contributed by atoms with Crippen LogP contribution in [0.25, 0.3) is 10.3 Å². The number of nitrogens with zero attached hydrogens (tertiary/aromatic N) is 2. The van der Waals surface area contributed by atoms with Crippen molar-refractivity contribution in [2.75, 3.05) is 5.73 Å². The molecule has 3 heterocycles. The van der Waals surface area contributed by atoms with Crippen LogP contribution in [0.15, 0.2) is 9.59 Å². The molecule has 0 saturated carbocycles. The Bertz CT molecular complexity index is 814. The molecule has 120 valence electrons. The van der Waals surface area contributed by atoms with Crippen molar-refractivity contribution in [3.05, 3.63) is 20.0 Å². The quantitative estimate of drug-likeness (QED) is 0.740. The maximum Gasteiger partial charge on any atom is 0.311 e. The smallest absolute Gasteiger partial charge is 0.311 e. The summed E-state index contributed by atoms with van der Waals surface area (Å²) in [6.07, 6.45) is -0.646. The maximum atomic E-state index is 12.3. The predicted octanol–water partition coefficient (Wildman–Crippen LogP) is 0.476. The zero-order chi connectivity index (χ0) is 16.0. The zero-order valence-electron chi connectivity index (χ0n) is 12.0. The SMILES string of the molecule is CCC(O)C1OC(n2c(=O)sc3c(=O)[nH]c(N)nc32)[C@H](C)S1.